The highest BCUT2D eigenvalue weighted by atomic mass is 16.6. The molecule has 132 valence electrons. The number of nitrogens with zero attached hydrogens (tertiary/aromatic N) is 1. The van der Waals surface area contributed by atoms with Crippen molar-refractivity contribution >= 4 is 17.9 Å². The minimum Gasteiger partial charge on any atom is -0.494 e. The number of likely N-dealkylation sites (tertiary alicyclic amines) is 1. The van der Waals surface area contributed by atoms with Crippen LogP contribution in [-0.2, 0) is 4.74 Å². The van der Waals surface area contributed by atoms with Gasteiger partial charge in [-0.25, -0.2) is 4.79 Å². The minimum atomic E-state index is -0.454. The van der Waals surface area contributed by atoms with Crippen molar-refractivity contribution in [1.82, 2.24) is 4.90 Å². The summed E-state index contributed by atoms with van der Waals surface area (Å²) in [7, 11) is 1.67. The van der Waals surface area contributed by atoms with Crippen molar-refractivity contribution in [2.45, 2.75) is 45.3 Å². The maximum atomic E-state index is 12.1. The summed E-state index contributed by atoms with van der Waals surface area (Å²) in [5.41, 5.74) is 1.48. The molecule has 5 heteroatoms. The SMILES string of the molecule is C=Cc1cccc(NC2CCN(C(=O)OC(C)(C)C)CC2)c1OC. The van der Waals surface area contributed by atoms with E-state index in [4.69, 9.17) is 9.47 Å². The molecule has 0 unspecified atom stereocenters. The third kappa shape index (κ3) is 4.66. The van der Waals surface area contributed by atoms with Crippen LogP contribution in [-0.4, -0.2) is 42.8 Å². The third-order valence-corrected chi connectivity index (χ3v) is 3.98. The number of ether oxygens (including phenoxy) is 2. The Morgan fingerprint density at radius 1 is 1.33 bits per heavy atom. The van der Waals surface area contributed by atoms with E-state index in [-0.39, 0.29) is 6.09 Å². The number of para-hydroxylation sites is 1. The van der Waals surface area contributed by atoms with Gasteiger partial charge in [-0.2, -0.15) is 0 Å². The first-order valence-corrected chi connectivity index (χ1v) is 8.38. The van der Waals surface area contributed by atoms with Crippen LogP contribution in [0.3, 0.4) is 0 Å². The highest BCUT2D eigenvalue weighted by Gasteiger charge is 2.27. The van der Waals surface area contributed by atoms with Crippen LogP contribution < -0.4 is 10.1 Å². The van der Waals surface area contributed by atoms with E-state index in [1.807, 2.05) is 39.0 Å². The van der Waals surface area contributed by atoms with Crippen molar-refractivity contribution in [2.24, 2.45) is 0 Å². The zero-order valence-electron chi connectivity index (χ0n) is 15.1. The van der Waals surface area contributed by atoms with Crippen LogP contribution in [0, 0.1) is 0 Å². The molecule has 0 atom stereocenters. The average Bonchev–Trinajstić information content (AvgIpc) is 2.53. The fourth-order valence-corrected chi connectivity index (χ4v) is 2.81. The summed E-state index contributed by atoms with van der Waals surface area (Å²) in [5, 5.41) is 3.53. The Labute approximate surface area is 144 Å². The van der Waals surface area contributed by atoms with Gasteiger partial charge in [0.05, 0.1) is 12.8 Å². The fourth-order valence-electron chi connectivity index (χ4n) is 2.81. The van der Waals surface area contributed by atoms with Crippen LogP contribution in [0.25, 0.3) is 6.08 Å². The van der Waals surface area contributed by atoms with Crippen molar-refractivity contribution in [1.29, 1.82) is 0 Å². The molecule has 1 aliphatic rings. The van der Waals surface area contributed by atoms with E-state index in [0.29, 0.717) is 19.1 Å². The number of carbonyl (C=O) groups excluding carboxylic acids is 1. The van der Waals surface area contributed by atoms with Crippen molar-refractivity contribution in [2.75, 3.05) is 25.5 Å². The maximum absolute atomic E-state index is 12.1. The minimum absolute atomic E-state index is 0.229. The van der Waals surface area contributed by atoms with Crippen LogP contribution in [0.15, 0.2) is 24.8 Å². The highest BCUT2D eigenvalue weighted by molar-refractivity contribution is 5.69. The Morgan fingerprint density at radius 2 is 2.00 bits per heavy atom. The summed E-state index contributed by atoms with van der Waals surface area (Å²) in [6.07, 6.45) is 3.31. The molecular weight excluding hydrogens is 304 g/mol. The summed E-state index contributed by atoms with van der Waals surface area (Å²) >= 11 is 0. The van der Waals surface area contributed by atoms with E-state index >= 15 is 0 Å². The summed E-state index contributed by atoms with van der Waals surface area (Å²) in [5.74, 6) is 0.807. The predicted octanol–water partition coefficient (Wildman–Crippen LogP) is 4.15. The second-order valence-corrected chi connectivity index (χ2v) is 7.02. The van der Waals surface area contributed by atoms with Crippen molar-refractivity contribution in [3.8, 4) is 5.75 Å². The molecule has 1 aromatic carbocycles. The molecule has 24 heavy (non-hydrogen) atoms. The molecule has 0 spiro atoms. The van der Waals surface area contributed by atoms with Gasteiger partial charge in [-0.3, -0.25) is 0 Å². The normalized spacial score (nSPS) is 15.8. The molecule has 0 saturated carbocycles. The zero-order chi connectivity index (χ0) is 17.7. The van der Waals surface area contributed by atoms with Crippen LogP contribution in [0.1, 0.15) is 39.2 Å². The first kappa shape index (κ1) is 18.2. The molecule has 0 radical (unpaired) electrons. The molecule has 1 aromatic rings. The molecule has 1 aliphatic heterocycles. The van der Waals surface area contributed by atoms with Crippen LogP contribution in [0.4, 0.5) is 10.5 Å². The largest absolute Gasteiger partial charge is 0.494 e. The monoisotopic (exact) mass is 332 g/mol. The summed E-state index contributed by atoms with van der Waals surface area (Å²) in [4.78, 5) is 13.9. The summed E-state index contributed by atoms with van der Waals surface area (Å²) in [6.45, 7) is 10.9. The number of hydrogen-bond acceptors (Lipinski definition) is 4. The van der Waals surface area contributed by atoms with Gasteiger partial charge in [0, 0.05) is 24.7 Å². The maximum Gasteiger partial charge on any atom is 0.410 e. The Balaban J connectivity index is 1.94. The molecule has 0 bridgehead atoms. The highest BCUT2D eigenvalue weighted by Crippen LogP contribution is 2.31. The van der Waals surface area contributed by atoms with Gasteiger partial charge in [0.15, 0.2) is 0 Å². The zero-order valence-corrected chi connectivity index (χ0v) is 15.1. The summed E-state index contributed by atoms with van der Waals surface area (Å²) < 4.78 is 10.9. The van der Waals surface area contributed by atoms with Gasteiger partial charge in [-0.1, -0.05) is 24.8 Å². The first-order chi connectivity index (χ1) is 11.3. The Kier molecular flexibility index (Phi) is 5.75. The number of hydrogen-bond donors (Lipinski definition) is 1. The second kappa shape index (κ2) is 7.60. The van der Waals surface area contributed by atoms with Crippen molar-refractivity contribution in [3.05, 3.63) is 30.3 Å². The number of piperidine rings is 1. The number of anilines is 1. The van der Waals surface area contributed by atoms with Gasteiger partial charge >= 0.3 is 6.09 Å². The standard InChI is InChI=1S/C19H28N2O3/c1-6-14-8-7-9-16(17(14)23-5)20-15-10-12-21(13-11-15)18(22)24-19(2,3)4/h6-9,15,20H,1,10-13H2,2-5H3. The lowest BCUT2D eigenvalue weighted by molar-refractivity contribution is 0.0210. The van der Waals surface area contributed by atoms with Crippen LogP contribution >= 0.6 is 0 Å². The van der Waals surface area contributed by atoms with Gasteiger partial charge in [0.25, 0.3) is 0 Å². The molecule has 1 amide bonds. The number of rotatable bonds is 4. The quantitative estimate of drug-likeness (QED) is 0.900. The predicted molar refractivity (Wildman–Crippen MR) is 97.5 cm³/mol. The van der Waals surface area contributed by atoms with Gasteiger partial charge in [-0.15, -0.1) is 0 Å². The molecule has 0 aromatic heterocycles. The summed E-state index contributed by atoms with van der Waals surface area (Å²) in [6, 6.07) is 6.27. The number of methoxy groups -OCH3 is 1. The molecule has 1 saturated heterocycles. The molecule has 1 fully saturated rings. The van der Waals surface area contributed by atoms with E-state index in [1.165, 1.54) is 0 Å². The molecule has 0 aliphatic carbocycles. The first-order valence-electron chi connectivity index (χ1n) is 8.38. The fraction of sp³-hybridized carbons (Fsp3) is 0.526. The third-order valence-electron chi connectivity index (χ3n) is 3.98. The molecular formula is C19H28N2O3. The van der Waals surface area contributed by atoms with Gasteiger partial charge in [0.1, 0.15) is 11.4 Å². The Morgan fingerprint density at radius 3 is 2.54 bits per heavy atom. The van der Waals surface area contributed by atoms with Gasteiger partial charge < -0.3 is 19.7 Å². The molecule has 2 rings (SSSR count). The Hall–Kier alpha value is -2.17. The van der Waals surface area contributed by atoms with E-state index in [9.17, 15) is 4.79 Å². The topological polar surface area (TPSA) is 50.8 Å². The number of carbonyl (C=O) groups is 1. The van der Waals surface area contributed by atoms with Crippen molar-refractivity contribution in [3.63, 3.8) is 0 Å². The van der Waals surface area contributed by atoms with Crippen LogP contribution in [0.2, 0.25) is 0 Å². The lowest BCUT2D eigenvalue weighted by atomic mass is 10.0. The second-order valence-electron chi connectivity index (χ2n) is 7.02. The molecule has 1 N–H and O–H groups in total. The van der Waals surface area contributed by atoms with Crippen molar-refractivity contribution < 1.29 is 14.3 Å². The van der Waals surface area contributed by atoms with E-state index in [2.05, 4.69) is 11.9 Å². The lowest BCUT2D eigenvalue weighted by Gasteiger charge is -2.34. The Bertz CT molecular complexity index is 585. The van der Waals surface area contributed by atoms with E-state index in [0.717, 1.165) is 29.8 Å². The van der Waals surface area contributed by atoms with Crippen LogP contribution in [0.5, 0.6) is 5.75 Å². The number of nitrogens with one attached hydrogen (secondary N) is 1. The van der Waals surface area contributed by atoms with E-state index < -0.39 is 5.60 Å². The number of benzene rings is 1. The van der Waals surface area contributed by atoms with Gasteiger partial charge in [0.2, 0.25) is 0 Å². The lowest BCUT2D eigenvalue weighted by Crippen LogP contribution is -2.44. The molecule has 1 heterocycles. The number of amides is 1. The molecule has 5 nitrogen and oxygen atoms in total. The van der Waals surface area contributed by atoms with E-state index in [1.54, 1.807) is 18.1 Å². The average molecular weight is 332 g/mol. The van der Waals surface area contributed by atoms with Gasteiger partial charge in [-0.05, 0) is 39.7 Å². The smallest absolute Gasteiger partial charge is 0.410 e.